The molecule has 12 heavy (non-hydrogen) atoms. The van der Waals surface area contributed by atoms with Crippen LogP contribution in [-0.2, 0) is 11.8 Å². The molecule has 1 atom stereocenters. The molecule has 0 fully saturated rings. The first-order chi connectivity index (χ1) is 5.61. The molecule has 0 N–H and O–H groups in total. The fourth-order valence-corrected chi connectivity index (χ4v) is 1.40. The third-order valence-electron chi connectivity index (χ3n) is 1.96. The van der Waals surface area contributed by atoms with Gasteiger partial charge in [0.1, 0.15) is 5.78 Å². The van der Waals surface area contributed by atoms with Gasteiger partial charge < -0.3 is 4.79 Å². The average molecular weight is 166 g/mol. The van der Waals surface area contributed by atoms with E-state index in [9.17, 15) is 4.79 Å². The van der Waals surface area contributed by atoms with Gasteiger partial charge in [-0.05, 0) is 13.0 Å². The van der Waals surface area contributed by atoms with Gasteiger partial charge in [-0.3, -0.25) is 4.68 Å². The Kier molecular flexibility index (Phi) is 2.63. The lowest BCUT2D eigenvalue weighted by Crippen LogP contribution is -2.06. The Morgan fingerprint density at radius 1 is 1.75 bits per heavy atom. The lowest BCUT2D eigenvalue weighted by molar-refractivity contribution is -0.117. The molecule has 0 radical (unpaired) electrons. The van der Waals surface area contributed by atoms with E-state index < -0.39 is 0 Å². The number of aryl methyl sites for hydroxylation is 1. The Morgan fingerprint density at radius 3 is 2.83 bits per heavy atom. The Morgan fingerprint density at radius 2 is 2.42 bits per heavy atom. The molecule has 0 saturated heterocycles. The molecule has 0 saturated carbocycles. The first kappa shape index (κ1) is 8.97. The molecule has 1 heterocycles. The number of Topliss-reactive ketones (excluding diaryl/α,β-unsaturated/α-hetero) is 1. The second-order valence-corrected chi connectivity index (χ2v) is 3.19. The molecule has 1 aromatic rings. The van der Waals surface area contributed by atoms with Crippen molar-refractivity contribution in [3.8, 4) is 0 Å². The second-order valence-electron chi connectivity index (χ2n) is 3.19. The first-order valence-corrected chi connectivity index (χ1v) is 4.08. The van der Waals surface area contributed by atoms with Crippen LogP contribution >= 0.6 is 0 Å². The van der Waals surface area contributed by atoms with Crippen molar-refractivity contribution >= 4 is 5.78 Å². The van der Waals surface area contributed by atoms with Crippen molar-refractivity contribution in [2.24, 2.45) is 7.05 Å². The summed E-state index contributed by atoms with van der Waals surface area (Å²) in [4.78, 5) is 10.8. The van der Waals surface area contributed by atoms with Gasteiger partial charge in [-0.1, -0.05) is 6.92 Å². The minimum Gasteiger partial charge on any atom is -0.300 e. The fourth-order valence-electron chi connectivity index (χ4n) is 1.40. The molecule has 1 unspecified atom stereocenters. The van der Waals surface area contributed by atoms with E-state index in [0.717, 1.165) is 5.69 Å². The molecule has 3 nitrogen and oxygen atoms in total. The molecule has 0 amide bonds. The van der Waals surface area contributed by atoms with Gasteiger partial charge in [0.25, 0.3) is 0 Å². The summed E-state index contributed by atoms with van der Waals surface area (Å²) in [6.07, 6.45) is 2.35. The summed E-state index contributed by atoms with van der Waals surface area (Å²) in [5, 5.41) is 4.05. The Hall–Kier alpha value is -1.12. The lowest BCUT2D eigenvalue weighted by atomic mass is 10.0. The molecule has 0 aromatic carbocycles. The van der Waals surface area contributed by atoms with Crippen LogP contribution < -0.4 is 0 Å². The fraction of sp³-hybridized carbons (Fsp3) is 0.556. The van der Waals surface area contributed by atoms with Crippen LogP contribution in [0.3, 0.4) is 0 Å². The van der Waals surface area contributed by atoms with Gasteiger partial charge in [0, 0.05) is 31.3 Å². The Balaban J connectivity index is 2.71. The van der Waals surface area contributed by atoms with E-state index in [1.807, 2.05) is 24.7 Å². The second kappa shape index (κ2) is 3.52. The van der Waals surface area contributed by atoms with Gasteiger partial charge in [-0.25, -0.2) is 0 Å². The van der Waals surface area contributed by atoms with Crippen molar-refractivity contribution in [3.63, 3.8) is 0 Å². The van der Waals surface area contributed by atoms with E-state index in [1.165, 1.54) is 0 Å². The van der Waals surface area contributed by atoms with Crippen molar-refractivity contribution in [1.82, 2.24) is 9.78 Å². The van der Waals surface area contributed by atoms with E-state index in [0.29, 0.717) is 6.42 Å². The molecular formula is C9H14N2O. The number of nitrogens with zero attached hydrogens (tertiary/aromatic N) is 2. The van der Waals surface area contributed by atoms with E-state index in [4.69, 9.17) is 0 Å². The minimum absolute atomic E-state index is 0.226. The van der Waals surface area contributed by atoms with Gasteiger partial charge in [0.2, 0.25) is 0 Å². The largest absolute Gasteiger partial charge is 0.300 e. The maximum absolute atomic E-state index is 10.8. The minimum atomic E-state index is 0.226. The number of ketones is 1. The molecular weight excluding hydrogens is 152 g/mol. The summed E-state index contributed by atoms with van der Waals surface area (Å²) < 4.78 is 1.81. The highest BCUT2D eigenvalue weighted by atomic mass is 16.1. The number of aromatic nitrogens is 2. The van der Waals surface area contributed by atoms with Gasteiger partial charge >= 0.3 is 0 Å². The van der Waals surface area contributed by atoms with E-state index in [1.54, 1.807) is 13.1 Å². The highest BCUT2D eigenvalue weighted by molar-refractivity contribution is 5.76. The van der Waals surface area contributed by atoms with E-state index in [2.05, 4.69) is 5.10 Å². The van der Waals surface area contributed by atoms with Crippen LogP contribution in [0.25, 0.3) is 0 Å². The van der Waals surface area contributed by atoms with Gasteiger partial charge in [-0.15, -0.1) is 0 Å². The average Bonchev–Trinajstić information content (AvgIpc) is 2.33. The van der Waals surface area contributed by atoms with Crippen molar-refractivity contribution in [2.45, 2.75) is 26.2 Å². The van der Waals surface area contributed by atoms with Crippen molar-refractivity contribution < 1.29 is 4.79 Å². The first-order valence-electron chi connectivity index (χ1n) is 4.08. The maximum Gasteiger partial charge on any atom is 0.130 e. The summed E-state index contributed by atoms with van der Waals surface area (Å²) in [5.74, 6) is 0.499. The zero-order valence-electron chi connectivity index (χ0n) is 7.74. The third-order valence-corrected chi connectivity index (χ3v) is 1.96. The SMILES string of the molecule is CC(=O)CC(C)c1ccnn1C. The number of carbonyl (C=O) groups excluding carboxylic acids is 1. The van der Waals surface area contributed by atoms with Crippen molar-refractivity contribution in [1.29, 1.82) is 0 Å². The Bertz CT molecular complexity index is 278. The van der Waals surface area contributed by atoms with Crippen LogP contribution in [0.1, 0.15) is 31.9 Å². The standard InChI is InChI=1S/C9H14N2O/c1-7(6-8(2)12)9-4-5-10-11(9)3/h4-5,7H,6H2,1-3H3. The zero-order chi connectivity index (χ0) is 9.14. The maximum atomic E-state index is 10.8. The number of carbonyl (C=O) groups is 1. The highest BCUT2D eigenvalue weighted by Gasteiger charge is 2.10. The topological polar surface area (TPSA) is 34.9 Å². The van der Waals surface area contributed by atoms with E-state index in [-0.39, 0.29) is 11.7 Å². The number of hydrogen-bond acceptors (Lipinski definition) is 2. The van der Waals surface area contributed by atoms with Crippen molar-refractivity contribution in [2.75, 3.05) is 0 Å². The van der Waals surface area contributed by atoms with E-state index >= 15 is 0 Å². The normalized spacial score (nSPS) is 12.9. The molecule has 0 spiro atoms. The molecule has 0 aliphatic carbocycles. The summed E-state index contributed by atoms with van der Waals surface area (Å²) in [7, 11) is 1.89. The van der Waals surface area contributed by atoms with Crippen LogP contribution in [0.4, 0.5) is 0 Å². The van der Waals surface area contributed by atoms with Crippen LogP contribution in [-0.4, -0.2) is 15.6 Å². The number of hydrogen-bond donors (Lipinski definition) is 0. The van der Waals surface area contributed by atoms with Gasteiger partial charge in [0.05, 0.1) is 0 Å². The molecule has 0 bridgehead atoms. The van der Waals surface area contributed by atoms with Crippen molar-refractivity contribution in [3.05, 3.63) is 18.0 Å². The summed E-state index contributed by atoms with van der Waals surface area (Å²) in [6, 6.07) is 1.95. The monoisotopic (exact) mass is 166 g/mol. The number of rotatable bonds is 3. The summed E-state index contributed by atoms with van der Waals surface area (Å²) in [6.45, 7) is 3.66. The van der Waals surface area contributed by atoms with Gasteiger partial charge in [0.15, 0.2) is 0 Å². The molecule has 1 rings (SSSR count). The van der Waals surface area contributed by atoms with Crippen LogP contribution in [0.15, 0.2) is 12.3 Å². The van der Waals surface area contributed by atoms with Crippen LogP contribution in [0.5, 0.6) is 0 Å². The smallest absolute Gasteiger partial charge is 0.130 e. The predicted molar refractivity (Wildman–Crippen MR) is 46.9 cm³/mol. The quantitative estimate of drug-likeness (QED) is 0.682. The molecule has 0 aliphatic heterocycles. The van der Waals surface area contributed by atoms with Gasteiger partial charge in [-0.2, -0.15) is 5.10 Å². The highest BCUT2D eigenvalue weighted by Crippen LogP contribution is 2.17. The summed E-state index contributed by atoms with van der Waals surface area (Å²) >= 11 is 0. The molecule has 1 aromatic heterocycles. The Labute approximate surface area is 72.4 Å². The summed E-state index contributed by atoms with van der Waals surface area (Å²) in [5.41, 5.74) is 1.12. The molecule has 0 aliphatic rings. The molecule has 66 valence electrons. The lowest BCUT2D eigenvalue weighted by Gasteiger charge is -2.08. The third kappa shape index (κ3) is 1.94. The van der Waals surface area contributed by atoms with Crippen LogP contribution in [0.2, 0.25) is 0 Å². The zero-order valence-corrected chi connectivity index (χ0v) is 7.74. The molecule has 3 heteroatoms. The predicted octanol–water partition coefficient (Wildman–Crippen LogP) is 1.50. The van der Waals surface area contributed by atoms with Crippen LogP contribution in [0, 0.1) is 0 Å².